The van der Waals surface area contributed by atoms with Crippen LogP contribution >= 0.6 is 11.6 Å². The molecule has 1 aliphatic heterocycles. The lowest BCUT2D eigenvalue weighted by atomic mass is 10.3. The van der Waals surface area contributed by atoms with Gasteiger partial charge in [0.05, 0.1) is 17.3 Å². The Morgan fingerprint density at radius 2 is 1.66 bits per heavy atom. The molecule has 0 saturated carbocycles. The number of halogens is 3. The first-order valence-electron chi connectivity index (χ1n) is 9.04. The van der Waals surface area contributed by atoms with Gasteiger partial charge in [0.25, 0.3) is 5.91 Å². The van der Waals surface area contributed by atoms with Gasteiger partial charge in [-0.15, -0.1) is 0 Å². The van der Waals surface area contributed by atoms with E-state index in [1.54, 1.807) is 4.90 Å². The fourth-order valence-electron chi connectivity index (χ4n) is 2.91. The number of piperazine rings is 1. The Morgan fingerprint density at radius 1 is 1.00 bits per heavy atom. The van der Waals surface area contributed by atoms with Gasteiger partial charge in [0.2, 0.25) is 5.91 Å². The summed E-state index contributed by atoms with van der Waals surface area (Å²) in [6.07, 6.45) is 0. The summed E-state index contributed by atoms with van der Waals surface area (Å²) in [4.78, 5) is 28.0. The molecule has 3 rings (SSSR count). The predicted molar refractivity (Wildman–Crippen MR) is 105 cm³/mol. The van der Waals surface area contributed by atoms with Crippen LogP contribution in [0.15, 0.2) is 42.5 Å². The fourth-order valence-corrected chi connectivity index (χ4v) is 3.12. The average molecular weight is 424 g/mol. The van der Waals surface area contributed by atoms with Crippen LogP contribution in [0.1, 0.15) is 0 Å². The summed E-state index contributed by atoms with van der Waals surface area (Å²) in [6, 6.07) is 9.23. The number of ether oxygens (including phenoxy) is 1. The second kappa shape index (κ2) is 9.67. The fraction of sp³-hybridized carbons (Fsp3) is 0.300. The number of nitrogens with zero attached hydrogens (tertiary/aromatic N) is 2. The maximum atomic E-state index is 13.1. The summed E-state index contributed by atoms with van der Waals surface area (Å²) in [5.74, 6) is -0.855. The molecule has 154 valence electrons. The van der Waals surface area contributed by atoms with E-state index in [-0.39, 0.29) is 35.8 Å². The highest BCUT2D eigenvalue weighted by molar-refractivity contribution is 6.33. The molecular weight excluding hydrogens is 404 g/mol. The van der Waals surface area contributed by atoms with Crippen LogP contribution in [0.4, 0.5) is 14.5 Å². The summed E-state index contributed by atoms with van der Waals surface area (Å²) in [7, 11) is 0. The molecule has 9 heteroatoms. The molecule has 1 saturated heterocycles. The van der Waals surface area contributed by atoms with Gasteiger partial charge in [-0.25, -0.2) is 8.78 Å². The highest BCUT2D eigenvalue weighted by Gasteiger charge is 2.23. The molecule has 1 heterocycles. The summed E-state index contributed by atoms with van der Waals surface area (Å²) >= 11 is 5.91. The maximum Gasteiger partial charge on any atom is 0.260 e. The Hall–Kier alpha value is -2.71. The van der Waals surface area contributed by atoms with Gasteiger partial charge in [-0.05, 0) is 42.5 Å². The minimum atomic E-state index is -0.475. The van der Waals surface area contributed by atoms with Crippen LogP contribution in [-0.4, -0.2) is 60.9 Å². The van der Waals surface area contributed by atoms with E-state index in [9.17, 15) is 18.4 Å². The number of hydrogen-bond donors (Lipinski definition) is 1. The molecular formula is C20H20ClF2N3O3. The van der Waals surface area contributed by atoms with Gasteiger partial charge in [0.1, 0.15) is 17.4 Å². The van der Waals surface area contributed by atoms with Crippen LogP contribution in [-0.2, 0) is 9.59 Å². The molecule has 0 aromatic heterocycles. The highest BCUT2D eigenvalue weighted by Crippen LogP contribution is 2.22. The van der Waals surface area contributed by atoms with E-state index < -0.39 is 5.82 Å². The molecule has 0 bridgehead atoms. The molecule has 2 aromatic carbocycles. The van der Waals surface area contributed by atoms with Crippen LogP contribution in [0, 0.1) is 11.6 Å². The lowest BCUT2D eigenvalue weighted by molar-refractivity contribution is -0.135. The van der Waals surface area contributed by atoms with Crippen LogP contribution < -0.4 is 10.1 Å². The zero-order valence-corrected chi connectivity index (χ0v) is 16.3. The molecule has 6 nitrogen and oxygen atoms in total. The second-order valence-corrected chi connectivity index (χ2v) is 6.98. The molecule has 0 aliphatic carbocycles. The Bertz CT molecular complexity index is 872. The van der Waals surface area contributed by atoms with Crippen molar-refractivity contribution in [2.45, 2.75) is 0 Å². The number of carbonyl (C=O) groups excluding carboxylic acids is 2. The quantitative estimate of drug-likeness (QED) is 0.776. The van der Waals surface area contributed by atoms with Crippen LogP contribution in [0.3, 0.4) is 0 Å². The third-order valence-corrected chi connectivity index (χ3v) is 4.79. The predicted octanol–water partition coefficient (Wildman–Crippen LogP) is 2.78. The van der Waals surface area contributed by atoms with E-state index >= 15 is 0 Å². The van der Waals surface area contributed by atoms with Crippen molar-refractivity contribution in [3.8, 4) is 5.75 Å². The number of amides is 2. The van der Waals surface area contributed by atoms with E-state index in [0.29, 0.717) is 37.6 Å². The first-order valence-corrected chi connectivity index (χ1v) is 9.42. The van der Waals surface area contributed by atoms with Gasteiger partial charge in [-0.1, -0.05) is 11.6 Å². The Balaban J connectivity index is 1.40. The number of benzene rings is 2. The smallest absolute Gasteiger partial charge is 0.260 e. The van der Waals surface area contributed by atoms with Crippen molar-refractivity contribution in [3.63, 3.8) is 0 Å². The van der Waals surface area contributed by atoms with Crippen molar-refractivity contribution < 1.29 is 23.1 Å². The number of carbonyl (C=O) groups is 2. The van der Waals surface area contributed by atoms with Gasteiger partial charge in [-0.2, -0.15) is 0 Å². The van der Waals surface area contributed by atoms with E-state index in [2.05, 4.69) is 5.32 Å². The lowest BCUT2D eigenvalue weighted by Crippen LogP contribution is -2.51. The summed E-state index contributed by atoms with van der Waals surface area (Å²) in [5, 5.41) is 2.79. The average Bonchev–Trinajstić information content (AvgIpc) is 2.70. The minimum absolute atomic E-state index is 0.130. The molecule has 1 aliphatic rings. The van der Waals surface area contributed by atoms with Crippen LogP contribution in [0.2, 0.25) is 5.02 Å². The third kappa shape index (κ3) is 6.13. The maximum absolute atomic E-state index is 13.1. The van der Waals surface area contributed by atoms with Gasteiger partial charge in [0, 0.05) is 26.2 Å². The minimum Gasteiger partial charge on any atom is -0.484 e. The summed E-state index contributed by atoms with van der Waals surface area (Å²) in [6.45, 7) is 2.02. The van der Waals surface area contributed by atoms with Crippen molar-refractivity contribution in [2.75, 3.05) is 44.6 Å². The molecule has 29 heavy (non-hydrogen) atoms. The summed E-state index contributed by atoms with van der Waals surface area (Å²) < 4.78 is 31.3. The molecule has 2 aromatic rings. The van der Waals surface area contributed by atoms with Gasteiger partial charge >= 0.3 is 0 Å². The molecule has 0 spiro atoms. The monoisotopic (exact) mass is 423 g/mol. The van der Waals surface area contributed by atoms with Gasteiger partial charge in [0.15, 0.2) is 6.61 Å². The molecule has 0 unspecified atom stereocenters. The van der Waals surface area contributed by atoms with Crippen LogP contribution in [0.5, 0.6) is 5.75 Å². The summed E-state index contributed by atoms with van der Waals surface area (Å²) in [5.41, 5.74) is 0.352. The normalized spacial score (nSPS) is 14.5. The van der Waals surface area contributed by atoms with Crippen molar-refractivity contribution in [3.05, 3.63) is 59.1 Å². The Labute approximate surface area is 172 Å². The van der Waals surface area contributed by atoms with Gasteiger partial charge in [-0.3, -0.25) is 14.5 Å². The topological polar surface area (TPSA) is 61.9 Å². The van der Waals surface area contributed by atoms with Crippen molar-refractivity contribution in [2.24, 2.45) is 0 Å². The molecule has 0 atom stereocenters. The first-order chi connectivity index (χ1) is 13.9. The van der Waals surface area contributed by atoms with Gasteiger partial charge < -0.3 is 15.0 Å². The van der Waals surface area contributed by atoms with Crippen molar-refractivity contribution >= 4 is 29.1 Å². The standard InChI is InChI=1S/C20H20ClF2N3O3/c21-17-11-15(23)3-6-18(17)24-19(27)12-25-7-9-26(10-8-25)20(28)13-29-16-4-1-14(22)2-5-16/h1-6,11H,7-10,12-13H2,(H,24,27). The van der Waals surface area contributed by atoms with E-state index in [0.717, 1.165) is 6.07 Å². The number of nitrogens with one attached hydrogen (secondary N) is 1. The van der Waals surface area contributed by atoms with Crippen molar-refractivity contribution in [1.29, 1.82) is 0 Å². The third-order valence-electron chi connectivity index (χ3n) is 4.47. The second-order valence-electron chi connectivity index (χ2n) is 6.57. The Morgan fingerprint density at radius 3 is 2.31 bits per heavy atom. The van der Waals surface area contributed by atoms with E-state index in [1.807, 2.05) is 4.90 Å². The number of hydrogen-bond acceptors (Lipinski definition) is 4. The van der Waals surface area contributed by atoms with E-state index in [4.69, 9.17) is 16.3 Å². The highest BCUT2D eigenvalue weighted by atomic mass is 35.5. The number of anilines is 1. The lowest BCUT2D eigenvalue weighted by Gasteiger charge is -2.34. The van der Waals surface area contributed by atoms with E-state index in [1.165, 1.54) is 36.4 Å². The molecule has 0 radical (unpaired) electrons. The largest absolute Gasteiger partial charge is 0.484 e. The SMILES string of the molecule is O=C(CN1CCN(C(=O)COc2ccc(F)cc2)CC1)Nc1ccc(F)cc1Cl. The first kappa shape index (κ1) is 21.0. The zero-order valence-electron chi connectivity index (χ0n) is 15.5. The molecule has 1 fully saturated rings. The van der Waals surface area contributed by atoms with Crippen LogP contribution in [0.25, 0.3) is 0 Å². The number of rotatable bonds is 6. The molecule has 1 N–H and O–H groups in total. The zero-order chi connectivity index (χ0) is 20.8. The van der Waals surface area contributed by atoms with Crippen molar-refractivity contribution in [1.82, 2.24) is 9.80 Å². The Kier molecular flexibility index (Phi) is 7.00. The molecule has 2 amide bonds.